The summed E-state index contributed by atoms with van der Waals surface area (Å²) in [6.45, 7) is 0. The minimum atomic E-state index is -0.560. The van der Waals surface area contributed by atoms with E-state index in [1.165, 1.54) is 53.2 Å². The van der Waals surface area contributed by atoms with Crippen LogP contribution in [0.4, 0.5) is 17.6 Å². The third-order valence-corrected chi connectivity index (χ3v) is 7.39. The highest BCUT2D eigenvalue weighted by Crippen LogP contribution is 2.35. The molecule has 7 aromatic heterocycles. The zero-order chi connectivity index (χ0) is 30.4. The maximum absolute atomic E-state index is 15.7. The molecule has 0 amide bonds. The molecular formula is C36H22F4N2O2. The van der Waals surface area contributed by atoms with Gasteiger partial charge in [-0.1, -0.05) is 36.4 Å². The van der Waals surface area contributed by atoms with E-state index in [4.69, 9.17) is 15.3 Å². The zero-order valence-electron chi connectivity index (χ0n) is 22.9. The van der Waals surface area contributed by atoms with Crippen molar-refractivity contribution < 1.29 is 27.0 Å². The van der Waals surface area contributed by atoms with Crippen molar-refractivity contribution in [3.8, 4) is 23.0 Å². The number of ether oxygens (including phenoxy) is 2. The van der Waals surface area contributed by atoms with Crippen molar-refractivity contribution in [2.45, 2.75) is 0 Å². The average molecular weight is 591 g/mol. The van der Waals surface area contributed by atoms with E-state index in [0.29, 0.717) is 32.6 Å². The van der Waals surface area contributed by atoms with Crippen LogP contribution >= 0.6 is 0 Å². The van der Waals surface area contributed by atoms with Crippen molar-refractivity contribution in [1.82, 2.24) is 4.68 Å². The molecule has 0 saturated carbocycles. The summed E-state index contributed by atoms with van der Waals surface area (Å²) in [6.07, 6.45) is 0. The van der Waals surface area contributed by atoms with Gasteiger partial charge in [0, 0.05) is 45.8 Å². The highest BCUT2D eigenvalue weighted by atomic mass is 19.1. The van der Waals surface area contributed by atoms with E-state index in [-0.39, 0.29) is 33.8 Å². The summed E-state index contributed by atoms with van der Waals surface area (Å²) < 4.78 is 72.9. The summed E-state index contributed by atoms with van der Waals surface area (Å²) in [5.41, 5.74) is 0.891. The van der Waals surface area contributed by atoms with Crippen molar-refractivity contribution in [3.63, 3.8) is 0 Å². The first-order valence-electron chi connectivity index (χ1n) is 13.6. The summed E-state index contributed by atoms with van der Waals surface area (Å²) in [5.74, 6) is 5.34. The van der Waals surface area contributed by atoms with Crippen LogP contribution in [0.3, 0.4) is 0 Å². The standard InChI is InChI=1S/C36H22F4N2O2/c37-23-3-1-5-27(17-23)43-35-19-25-9-13-31(35)29-11-7-21(15-33(29)39)22-8-12-30(34(40)16-22)32-14-10-26(42(25)41)20-36(32)44-28-6-2-4-24(38)18-28/h1-20H,41H2. The summed E-state index contributed by atoms with van der Waals surface area (Å²) in [7, 11) is 0. The smallest absolute Gasteiger partial charge is 0.137 e. The number of hydrogen-bond donors (Lipinski definition) is 1. The number of nitrogen functional groups attached to an aromatic ring is 1. The molecule has 0 aliphatic rings. The van der Waals surface area contributed by atoms with Gasteiger partial charge in [0.2, 0.25) is 0 Å². The van der Waals surface area contributed by atoms with Crippen LogP contribution in [0.2, 0.25) is 0 Å². The van der Waals surface area contributed by atoms with Gasteiger partial charge in [0.15, 0.2) is 0 Å². The van der Waals surface area contributed by atoms with Crippen LogP contribution in [0, 0.1) is 23.3 Å². The molecule has 216 valence electrons. The van der Waals surface area contributed by atoms with Crippen molar-refractivity contribution in [2.75, 3.05) is 5.84 Å². The molecule has 7 heterocycles. The molecule has 13 aromatic rings. The molecule has 0 spiro atoms. The van der Waals surface area contributed by atoms with E-state index in [1.54, 1.807) is 72.8 Å². The monoisotopic (exact) mass is 590 g/mol. The number of halogens is 4. The Morgan fingerprint density at radius 3 is 1.30 bits per heavy atom. The lowest BCUT2D eigenvalue weighted by molar-refractivity contribution is 0.482. The second-order valence-corrected chi connectivity index (χ2v) is 10.2. The SMILES string of the molecule is Nn1c2ccc(c(Oc3cccc(F)c3)c2)c2ccc(cc2F)c2ccc(c(F)c2)c2ccc1cc2Oc1cccc(F)c1. The summed E-state index contributed by atoms with van der Waals surface area (Å²) >= 11 is 0. The van der Waals surface area contributed by atoms with Gasteiger partial charge in [-0.25, -0.2) is 17.6 Å². The average Bonchev–Trinajstić information content (AvgIpc) is 3.01. The third kappa shape index (κ3) is 5.07. The first-order valence-corrected chi connectivity index (χ1v) is 13.6. The van der Waals surface area contributed by atoms with Crippen LogP contribution in [0.1, 0.15) is 0 Å². The van der Waals surface area contributed by atoms with Gasteiger partial charge >= 0.3 is 0 Å². The van der Waals surface area contributed by atoms with Crippen LogP contribution in [0.25, 0.3) is 43.4 Å². The van der Waals surface area contributed by atoms with Gasteiger partial charge in [0.25, 0.3) is 0 Å². The molecule has 13 rings (SSSR count). The van der Waals surface area contributed by atoms with E-state index in [2.05, 4.69) is 0 Å². The fourth-order valence-electron chi connectivity index (χ4n) is 5.23. The molecule has 4 nitrogen and oxygen atoms in total. The molecule has 8 heteroatoms. The molecule has 0 fully saturated rings. The largest absolute Gasteiger partial charge is 0.457 e. The number of benzene rings is 6. The van der Waals surface area contributed by atoms with E-state index in [1.807, 2.05) is 0 Å². The van der Waals surface area contributed by atoms with Crippen molar-refractivity contribution >= 4 is 43.4 Å². The van der Waals surface area contributed by atoms with Crippen molar-refractivity contribution in [3.05, 3.63) is 145 Å². The van der Waals surface area contributed by atoms with Crippen LogP contribution < -0.4 is 15.3 Å². The summed E-state index contributed by atoms with van der Waals surface area (Å²) in [4.78, 5) is 0. The van der Waals surface area contributed by atoms with Gasteiger partial charge < -0.3 is 15.3 Å². The lowest BCUT2D eigenvalue weighted by Gasteiger charge is -2.12. The molecular weight excluding hydrogens is 568 g/mol. The second kappa shape index (κ2) is 10.8. The van der Waals surface area contributed by atoms with E-state index >= 15 is 8.78 Å². The first-order chi connectivity index (χ1) is 21.3. The Morgan fingerprint density at radius 2 is 0.886 bits per heavy atom. The predicted octanol–water partition coefficient (Wildman–Crippen LogP) is 10.1. The third-order valence-electron chi connectivity index (χ3n) is 7.39. The Morgan fingerprint density at radius 1 is 0.455 bits per heavy atom. The number of nitrogens with two attached hydrogens (primary N) is 1. The number of hydrogen-bond acceptors (Lipinski definition) is 3. The van der Waals surface area contributed by atoms with Crippen LogP contribution in [0.15, 0.2) is 121 Å². The normalized spacial score (nSPS) is 11.3. The Labute approximate surface area is 248 Å². The summed E-state index contributed by atoms with van der Waals surface area (Å²) in [6, 6.07) is 30.3. The number of rotatable bonds is 4. The molecule has 6 aromatic carbocycles. The molecule has 0 saturated heterocycles. The molecule has 0 unspecified atom stereocenters. The van der Waals surface area contributed by atoms with Crippen LogP contribution in [0.5, 0.6) is 23.0 Å². The lowest BCUT2D eigenvalue weighted by atomic mass is 10.1. The first kappa shape index (κ1) is 27.1. The predicted molar refractivity (Wildman–Crippen MR) is 165 cm³/mol. The maximum Gasteiger partial charge on any atom is 0.137 e. The van der Waals surface area contributed by atoms with Gasteiger partial charge in [-0.3, -0.25) is 4.68 Å². The fraction of sp³-hybridized carbons (Fsp3) is 0. The minimum absolute atomic E-state index is 0.209. The molecule has 0 aliphatic heterocycles. The number of nitrogens with zero attached hydrogens (tertiary/aromatic N) is 1. The Balaban J connectivity index is 1.59. The van der Waals surface area contributed by atoms with Gasteiger partial charge in [-0.15, -0.1) is 0 Å². The zero-order valence-corrected chi connectivity index (χ0v) is 22.9. The van der Waals surface area contributed by atoms with Gasteiger partial charge in [0.05, 0.1) is 11.0 Å². The van der Waals surface area contributed by atoms with E-state index < -0.39 is 23.3 Å². The molecule has 2 N–H and O–H groups in total. The van der Waals surface area contributed by atoms with Crippen molar-refractivity contribution in [2.24, 2.45) is 0 Å². The molecule has 0 aliphatic carbocycles. The van der Waals surface area contributed by atoms with Gasteiger partial charge in [0.1, 0.15) is 46.3 Å². The molecule has 0 radical (unpaired) electrons. The quantitative estimate of drug-likeness (QED) is 0.164. The Hall–Kier alpha value is -5.76. The maximum atomic E-state index is 15.7. The highest BCUT2D eigenvalue weighted by Gasteiger charge is 2.12. The molecule has 44 heavy (non-hydrogen) atoms. The van der Waals surface area contributed by atoms with E-state index in [0.717, 1.165) is 0 Å². The molecule has 8 bridgehead atoms. The minimum Gasteiger partial charge on any atom is -0.457 e. The topological polar surface area (TPSA) is 49.4 Å². The van der Waals surface area contributed by atoms with Crippen LogP contribution in [-0.2, 0) is 0 Å². The lowest BCUT2D eigenvalue weighted by Crippen LogP contribution is -2.09. The number of aromatic nitrogens is 1. The van der Waals surface area contributed by atoms with E-state index in [9.17, 15) is 8.78 Å². The Bertz CT molecular complexity index is 2150. The van der Waals surface area contributed by atoms with Crippen LogP contribution in [-0.4, -0.2) is 4.68 Å². The molecule has 0 atom stereocenters. The fourth-order valence-corrected chi connectivity index (χ4v) is 5.23. The van der Waals surface area contributed by atoms with Gasteiger partial charge in [-0.05, 0) is 71.4 Å². The second-order valence-electron chi connectivity index (χ2n) is 10.2. The van der Waals surface area contributed by atoms with Gasteiger partial charge in [-0.2, -0.15) is 0 Å². The van der Waals surface area contributed by atoms with Crippen molar-refractivity contribution in [1.29, 1.82) is 0 Å². The highest BCUT2D eigenvalue weighted by molar-refractivity contribution is 5.96. The summed E-state index contributed by atoms with van der Waals surface area (Å²) in [5, 5.41) is 2.17. The Kier molecular flexibility index (Phi) is 6.66.